The van der Waals surface area contributed by atoms with Crippen molar-refractivity contribution in [3.63, 3.8) is 0 Å². The van der Waals surface area contributed by atoms with Crippen molar-refractivity contribution in [1.82, 2.24) is 9.62 Å². The molecule has 0 aliphatic heterocycles. The Bertz CT molecular complexity index is 864. The SMILES string of the molecule is COc1ccc([C@H](C)NC(=O)CN(C)S(=O)(=O)c2ccc(OC)cc2)cc1. The maximum Gasteiger partial charge on any atom is 0.243 e. The number of benzene rings is 2. The molecule has 0 aliphatic rings. The largest absolute Gasteiger partial charge is 0.497 e. The first kappa shape index (κ1) is 20.7. The van der Waals surface area contributed by atoms with E-state index in [0.717, 1.165) is 15.6 Å². The van der Waals surface area contributed by atoms with Crippen LogP contribution >= 0.6 is 0 Å². The summed E-state index contributed by atoms with van der Waals surface area (Å²) in [5, 5.41) is 2.80. The van der Waals surface area contributed by atoms with Gasteiger partial charge >= 0.3 is 0 Å². The highest BCUT2D eigenvalue weighted by molar-refractivity contribution is 7.89. The van der Waals surface area contributed by atoms with Gasteiger partial charge in [0.1, 0.15) is 11.5 Å². The van der Waals surface area contributed by atoms with Gasteiger partial charge in [0.2, 0.25) is 15.9 Å². The second-order valence-electron chi connectivity index (χ2n) is 6.00. The number of likely N-dealkylation sites (N-methyl/N-ethyl adjacent to an activating group) is 1. The molecule has 2 rings (SSSR count). The van der Waals surface area contributed by atoms with Gasteiger partial charge in [-0.1, -0.05) is 12.1 Å². The number of hydrogen-bond donors (Lipinski definition) is 1. The van der Waals surface area contributed by atoms with E-state index in [0.29, 0.717) is 5.75 Å². The van der Waals surface area contributed by atoms with Crippen LogP contribution in [-0.2, 0) is 14.8 Å². The third-order valence-electron chi connectivity index (χ3n) is 4.13. The lowest BCUT2D eigenvalue weighted by atomic mass is 10.1. The Balaban J connectivity index is 2.00. The monoisotopic (exact) mass is 392 g/mol. The zero-order valence-electron chi connectivity index (χ0n) is 15.8. The Kier molecular flexibility index (Phi) is 6.81. The van der Waals surface area contributed by atoms with E-state index in [-0.39, 0.29) is 17.5 Å². The fourth-order valence-electron chi connectivity index (χ4n) is 2.48. The molecule has 1 atom stereocenters. The van der Waals surface area contributed by atoms with Crippen LogP contribution in [0.4, 0.5) is 0 Å². The summed E-state index contributed by atoms with van der Waals surface area (Å²) in [6.07, 6.45) is 0. The van der Waals surface area contributed by atoms with Gasteiger partial charge in [-0.25, -0.2) is 8.42 Å². The molecule has 0 saturated carbocycles. The van der Waals surface area contributed by atoms with Gasteiger partial charge in [0.05, 0.1) is 31.7 Å². The molecule has 27 heavy (non-hydrogen) atoms. The smallest absolute Gasteiger partial charge is 0.243 e. The van der Waals surface area contributed by atoms with Crippen molar-refractivity contribution < 1.29 is 22.7 Å². The average Bonchev–Trinajstić information content (AvgIpc) is 2.67. The summed E-state index contributed by atoms with van der Waals surface area (Å²) in [5.74, 6) is 0.892. The lowest BCUT2D eigenvalue weighted by Crippen LogP contribution is -2.39. The Morgan fingerprint density at radius 1 is 1.00 bits per heavy atom. The molecule has 0 radical (unpaired) electrons. The summed E-state index contributed by atoms with van der Waals surface area (Å²) in [5.41, 5.74) is 0.893. The highest BCUT2D eigenvalue weighted by Gasteiger charge is 2.23. The van der Waals surface area contributed by atoms with Crippen molar-refractivity contribution in [1.29, 1.82) is 0 Å². The quantitative estimate of drug-likeness (QED) is 0.744. The van der Waals surface area contributed by atoms with Crippen molar-refractivity contribution in [2.45, 2.75) is 17.9 Å². The molecule has 8 heteroatoms. The summed E-state index contributed by atoms with van der Waals surface area (Å²) in [7, 11) is 0.691. The summed E-state index contributed by atoms with van der Waals surface area (Å²) >= 11 is 0. The normalized spacial score (nSPS) is 12.5. The van der Waals surface area contributed by atoms with Crippen molar-refractivity contribution in [2.75, 3.05) is 27.8 Å². The number of carbonyl (C=O) groups excluding carboxylic acids is 1. The molecule has 0 aromatic heterocycles. The van der Waals surface area contributed by atoms with E-state index in [2.05, 4.69) is 5.32 Å². The van der Waals surface area contributed by atoms with E-state index in [1.54, 1.807) is 31.4 Å². The zero-order chi connectivity index (χ0) is 20.0. The third kappa shape index (κ3) is 5.21. The summed E-state index contributed by atoms with van der Waals surface area (Å²) in [6.45, 7) is 1.55. The molecule has 0 heterocycles. The van der Waals surface area contributed by atoms with Crippen molar-refractivity contribution in [3.05, 3.63) is 54.1 Å². The fourth-order valence-corrected chi connectivity index (χ4v) is 3.61. The van der Waals surface area contributed by atoms with Gasteiger partial charge < -0.3 is 14.8 Å². The maximum atomic E-state index is 12.6. The predicted molar refractivity (Wildman–Crippen MR) is 102 cm³/mol. The molecule has 0 aliphatic carbocycles. The standard InChI is InChI=1S/C19H24N2O5S/c1-14(15-5-7-16(25-3)8-6-15)20-19(22)13-21(2)27(23,24)18-11-9-17(26-4)10-12-18/h5-12,14H,13H2,1-4H3,(H,20,22)/t14-/m0/s1. The van der Waals surface area contributed by atoms with Crippen LogP contribution in [-0.4, -0.2) is 46.4 Å². The highest BCUT2D eigenvalue weighted by atomic mass is 32.2. The van der Waals surface area contributed by atoms with Crippen LogP contribution < -0.4 is 14.8 Å². The molecular weight excluding hydrogens is 368 g/mol. The molecule has 1 amide bonds. The number of sulfonamides is 1. The Morgan fingerprint density at radius 2 is 1.48 bits per heavy atom. The van der Waals surface area contributed by atoms with Crippen LogP contribution in [0.5, 0.6) is 11.5 Å². The molecule has 2 aromatic carbocycles. The summed E-state index contributed by atoms with van der Waals surface area (Å²) in [4.78, 5) is 12.4. The first-order valence-corrected chi connectivity index (χ1v) is 9.75. The van der Waals surface area contributed by atoms with Gasteiger partial charge in [-0.3, -0.25) is 4.79 Å². The van der Waals surface area contributed by atoms with Gasteiger partial charge in [-0.2, -0.15) is 4.31 Å². The van der Waals surface area contributed by atoms with Crippen LogP contribution in [0.25, 0.3) is 0 Å². The minimum absolute atomic E-state index is 0.0989. The number of hydrogen-bond acceptors (Lipinski definition) is 5. The molecule has 0 bridgehead atoms. The number of amides is 1. The lowest BCUT2D eigenvalue weighted by molar-refractivity contribution is -0.121. The molecule has 146 valence electrons. The molecule has 0 fully saturated rings. The molecule has 0 spiro atoms. The van der Waals surface area contributed by atoms with E-state index in [9.17, 15) is 13.2 Å². The van der Waals surface area contributed by atoms with Crippen LogP contribution in [0, 0.1) is 0 Å². The maximum absolute atomic E-state index is 12.6. The number of methoxy groups -OCH3 is 2. The minimum atomic E-state index is -3.77. The van der Waals surface area contributed by atoms with Gasteiger partial charge in [-0.15, -0.1) is 0 Å². The number of carbonyl (C=O) groups is 1. The number of nitrogens with zero attached hydrogens (tertiary/aromatic N) is 1. The Hall–Kier alpha value is -2.58. The highest BCUT2D eigenvalue weighted by Crippen LogP contribution is 2.19. The number of ether oxygens (including phenoxy) is 2. The predicted octanol–water partition coefficient (Wildman–Crippen LogP) is 2.20. The van der Waals surface area contributed by atoms with Gasteiger partial charge in [0, 0.05) is 7.05 Å². The average molecular weight is 392 g/mol. The molecule has 7 nitrogen and oxygen atoms in total. The Morgan fingerprint density at radius 3 is 1.96 bits per heavy atom. The second kappa shape index (κ2) is 8.88. The van der Waals surface area contributed by atoms with Crippen molar-refractivity contribution in [2.24, 2.45) is 0 Å². The molecule has 2 aromatic rings. The van der Waals surface area contributed by atoms with Crippen molar-refractivity contribution >= 4 is 15.9 Å². The van der Waals surface area contributed by atoms with E-state index in [1.165, 1.54) is 26.3 Å². The third-order valence-corrected chi connectivity index (χ3v) is 5.94. The number of nitrogens with one attached hydrogen (secondary N) is 1. The second-order valence-corrected chi connectivity index (χ2v) is 8.04. The summed E-state index contributed by atoms with van der Waals surface area (Å²) < 4.78 is 36.3. The van der Waals surface area contributed by atoms with Crippen LogP contribution in [0.1, 0.15) is 18.5 Å². The lowest BCUT2D eigenvalue weighted by Gasteiger charge is -2.19. The van der Waals surface area contributed by atoms with Crippen LogP contribution in [0.15, 0.2) is 53.4 Å². The Labute approximate surface area is 160 Å². The van der Waals surface area contributed by atoms with E-state index >= 15 is 0 Å². The minimum Gasteiger partial charge on any atom is -0.497 e. The zero-order valence-corrected chi connectivity index (χ0v) is 16.6. The topological polar surface area (TPSA) is 84.9 Å². The fraction of sp³-hybridized carbons (Fsp3) is 0.316. The first-order chi connectivity index (χ1) is 12.8. The molecule has 0 unspecified atom stereocenters. The van der Waals surface area contributed by atoms with Crippen LogP contribution in [0.3, 0.4) is 0 Å². The number of rotatable bonds is 8. The van der Waals surface area contributed by atoms with Crippen LogP contribution in [0.2, 0.25) is 0 Å². The molecule has 1 N–H and O–H groups in total. The van der Waals surface area contributed by atoms with E-state index in [1.807, 2.05) is 19.1 Å². The first-order valence-electron chi connectivity index (χ1n) is 8.31. The van der Waals surface area contributed by atoms with Gasteiger partial charge in [0.15, 0.2) is 0 Å². The summed E-state index contributed by atoms with van der Waals surface area (Å²) in [6, 6.07) is 13.1. The molecule has 0 saturated heterocycles. The van der Waals surface area contributed by atoms with Gasteiger partial charge in [-0.05, 0) is 48.9 Å². The van der Waals surface area contributed by atoms with Gasteiger partial charge in [0.25, 0.3) is 0 Å². The van der Waals surface area contributed by atoms with E-state index < -0.39 is 15.9 Å². The molecular formula is C19H24N2O5S. The van der Waals surface area contributed by atoms with Crippen molar-refractivity contribution in [3.8, 4) is 11.5 Å². The van der Waals surface area contributed by atoms with E-state index in [4.69, 9.17) is 9.47 Å².